The smallest absolute Gasteiger partial charge is 0.337 e. The highest BCUT2D eigenvalue weighted by Gasteiger charge is 2.14. The van der Waals surface area contributed by atoms with Crippen molar-refractivity contribution in [1.29, 1.82) is 0 Å². The number of unbranched alkanes of at least 4 members (excludes halogenated alkanes) is 2. The molecule has 0 aromatic heterocycles. The Balaban J connectivity index is 4.36. The van der Waals surface area contributed by atoms with Gasteiger partial charge in [-0.15, -0.1) is 0 Å². The predicted octanol–water partition coefficient (Wildman–Crippen LogP) is 3.40. The fourth-order valence-corrected chi connectivity index (χ4v) is 1.36. The molecule has 0 saturated heterocycles. The fraction of sp³-hybridized carbons (Fsp3) is 0.733. The van der Waals surface area contributed by atoms with Crippen LogP contribution in [0.5, 0.6) is 0 Å². The number of ether oxygens (including phenoxy) is 2. The van der Waals surface area contributed by atoms with E-state index < -0.39 is 5.97 Å². The van der Waals surface area contributed by atoms with Crippen molar-refractivity contribution < 1.29 is 19.1 Å². The molecule has 0 unspecified atom stereocenters. The van der Waals surface area contributed by atoms with Crippen LogP contribution >= 0.6 is 0 Å². The summed E-state index contributed by atoms with van der Waals surface area (Å²) in [5.41, 5.74) is 0.431. The third-order valence-electron chi connectivity index (χ3n) is 2.41. The van der Waals surface area contributed by atoms with Gasteiger partial charge in [0.15, 0.2) is 0 Å². The number of allylic oxidation sites excluding steroid dienone is 1. The normalized spacial score (nSPS) is 11.5. The van der Waals surface area contributed by atoms with Crippen LogP contribution in [0.15, 0.2) is 11.6 Å². The van der Waals surface area contributed by atoms with Crippen LogP contribution in [-0.2, 0) is 19.1 Å². The molecule has 0 aromatic carbocycles. The van der Waals surface area contributed by atoms with Gasteiger partial charge in [0.25, 0.3) is 0 Å². The highest BCUT2D eigenvalue weighted by atomic mass is 16.6. The molecule has 0 heterocycles. The van der Waals surface area contributed by atoms with E-state index in [1.807, 2.05) is 13.8 Å². The lowest BCUT2D eigenvalue weighted by Gasteiger charge is -2.11. The Bertz CT molecular complexity index is 305. The van der Waals surface area contributed by atoms with Crippen molar-refractivity contribution in [2.24, 2.45) is 0 Å². The molecule has 4 nitrogen and oxygen atoms in total. The van der Waals surface area contributed by atoms with E-state index in [2.05, 4.69) is 0 Å². The molecule has 0 aromatic rings. The number of hydrogen-bond acceptors (Lipinski definition) is 4. The standard InChI is InChI=1S/C15H26O4/c1-5-7-9-13(15(17)19-12(3)4)11-18-14(16)10-8-6-2/h9,12H,5-8,10-11H2,1-4H3. The van der Waals surface area contributed by atoms with E-state index in [0.29, 0.717) is 12.0 Å². The van der Waals surface area contributed by atoms with Crippen LogP contribution in [0.3, 0.4) is 0 Å². The lowest BCUT2D eigenvalue weighted by atomic mass is 10.2. The third kappa shape index (κ3) is 9.28. The maximum absolute atomic E-state index is 11.8. The lowest BCUT2D eigenvalue weighted by Crippen LogP contribution is -2.18. The van der Waals surface area contributed by atoms with Gasteiger partial charge in [0.05, 0.1) is 11.7 Å². The SMILES string of the molecule is CCCC=C(COC(=O)CCCC)C(=O)OC(C)C. The van der Waals surface area contributed by atoms with Crippen molar-refractivity contribution in [3.63, 3.8) is 0 Å². The average molecular weight is 270 g/mol. The Labute approximate surface area is 116 Å². The Morgan fingerprint density at radius 2 is 1.84 bits per heavy atom. The highest BCUT2D eigenvalue weighted by Crippen LogP contribution is 2.07. The van der Waals surface area contributed by atoms with Crippen LogP contribution in [0.25, 0.3) is 0 Å². The molecule has 0 saturated carbocycles. The summed E-state index contributed by atoms with van der Waals surface area (Å²) in [4.78, 5) is 23.2. The van der Waals surface area contributed by atoms with Gasteiger partial charge in [-0.3, -0.25) is 4.79 Å². The maximum Gasteiger partial charge on any atom is 0.337 e. The van der Waals surface area contributed by atoms with Gasteiger partial charge in [-0.25, -0.2) is 4.79 Å². The van der Waals surface area contributed by atoms with Crippen LogP contribution in [-0.4, -0.2) is 24.6 Å². The molecule has 110 valence electrons. The number of carbonyl (C=O) groups is 2. The average Bonchev–Trinajstić information content (AvgIpc) is 2.35. The third-order valence-corrected chi connectivity index (χ3v) is 2.41. The summed E-state index contributed by atoms with van der Waals surface area (Å²) in [5.74, 6) is -0.659. The molecule has 0 aliphatic heterocycles. The van der Waals surface area contributed by atoms with Crippen LogP contribution < -0.4 is 0 Å². The van der Waals surface area contributed by atoms with Crippen LogP contribution in [0.2, 0.25) is 0 Å². The second-order valence-corrected chi connectivity index (χ2v) is 4.74. The molecule has 19 heavy (non-hydrogen) atoms. The number of esters is 2. The summed E-state index contributed by atoms with van der Waals surface area (Å²) in [5, 5.41) is 0. The molecule has 4 heteroatoms. The molecular weight excluding hydrogens is 244 g/mol. The van der Waals surface area contributed by atoms with E-state index in [9.17, 15) is 9.59 Å². The Kier molecular flexibility index (Phi) is 9.85. The van der Waals surface area contributed by atoms with Crippen molar-refractivity contribution in [3.05, 3.63) is 11.6 Å². The van der Waals surface area contributed by atoms with Crippen molar-refractivity contribution in [3.8, 4) is 0 Å². The minimum atomic E-state index is -0.397. The minimum Gasteiger partial charge on any atom is -0.461 e. The second-order valence-electron chi connectivity index (χ2n) is 4.74. The second kappa shape index (κ2) is 10.6. The maximum atomic E-state index is 11.8. The number of carbonyl (C=O) groups excluding carboxylic acids is 2. The Hall–Kier alpha value is -1.32. The van der Waals surface area contributed by atoms with E-state index in [0.717, 1.165) is 25.7 Å². The van der Waals surface area contributed by atoms with Crippen molar-refractivity contribution >= 4 is 11.9 Å². The van der Waals surface area contributed by atoms with Crippen molar-refractivity contribution in [2.75, 3.05) is 6.61 Å². The van der Waals surface area contributed by atoms with E-state index >= 15 is 0 Å². The monoisotopic (exact) mass is 270 g/mol. The first-order chi connectivity index (χ1) is 9.01. The van der Waals surface area contributed by atoms with E-state index in [4.69, 9.17) is 9.47 Å². The number of hydrogen-bond donors (Lipinski definition) is 0. The van der Waals surface area contributed by atoms with Crippen LogP contribution in [0, 0.1) is 0 Å². The molecule has 0 bridgehead atoms. The lowest BCUT2D eigenvalue weighted by molar-refractivity contribution is -0.146. The molecule has 0 spiro atoms. The first-order valence-corrected chi connectivity index (χ1v) is 7.06. The molecular formula is C15H26O4. The van der Waals surface area contributed by atoms with Gasteiger partial charge in [0.2, 0.25) is 0 Å². The quantitative estimate of drug-likeness (QED) is 0.476. The molecule has 0 rings (SSSR count). The molecule has 0 aliphatic carbocycles. The Morgan fingerprint density at radius 3 is 2.37 bits per heavy atom. The summed E-state index contributed by atoms with van der Waals surface area (Å²) in [7, 11) is 0. The summed E-state index contributed by atoms with van der Waals surface area (Å²) in [6.07, 6.45) is 5.48. The summed E-state index contributed by atoms with van der Waals surface area (Å²) >= 11 is 0. The molecule has 0 aliphatic rings. The highest BCUT2D eigenvalue weighted by molar-refractivity contribution is 5.89. The zero-order valence-corrected chi connectivity index (χ0v) is 12.5. The zero-order chi connectivity index (χ0) is 14.7. The first-order valence-electron chi connectivity index (χ1n) is 7.06. The van der Waals surface area contributed by atoms with E-state index in [1.54, 1.807) is 19.9 Å². The Morgan fingerprint density at radius 1 is 1.16 bits per heavy atom. The van der Waals surface area contributed by atoms with Crippen molar-refractivity contribution in [1.82, 2.24) is 0 Å². The predicted molar refractivity (Wildman–Crippen MR) is 74.7 cm³/mol. The fourth-order valence-electron chi connectivity index (χ4n) is 1.36. The van der Waals surface area contributed by atoms with Gasteiger partial charge in [-0.2, -0.15) is 0 Å². The zero-order valence-electron chi connectivity index (χ0n) is 12.5. The van der Waals surface area contributed by atoms with Gasteiger partial charge < -0.3 is 9.47 Å². The molecule has 0 amide bonds. The number of rotatable bonds is 9. The molecule has 0 atom stereocenters. The summed E-state index contributed by atoms with van der Waals surface area (Å²) < 4.78 is 10.2. The molecule has 0 fully saturated rings. The van der Waals surface area contributed by atoms with Gasteiger partial charge in [-0.05, 0) is 26.7 Å². The topological polar surface area (TPSA) is 52.6 Å². The van der Waals surface area contributed by atoms with Gasteiger partial charge in [0.1, 0.15) is 6.61 Å². The molecule has 0 radical (unpaired) electrons. The van der Waals surface area contributed by atoms with Gasteiger partial charge in [0, 0.05) is 6.42 Å². The largest absolute Gasteiger partial charge is 0.461 e. The van der Waals surface area contributed by atoms with Gasteiger partial charge >= 0.3 is 11.9 Å². The molecule has 0 N–H and O–H groups in total. The first kappa shape index (κ1) is 17.7. The minimum absolute atomic E-state index is 0.00804. The van der Waals surface area contributed by atoms with Crippen LogP contribution in [0.4, 0.5) is 0 Å². The van der Waals surface area contributed by atoms with Crippen molar-refractivity contribution in [2.45, 2.75) is 65.9 Å². The van der Waals surface area contributed by atoms with Crippen LogP contribution in [0.1, 0.15) is 59.8 Å². The van der Waals surface area contributed by atoms with Gasteiger partial charge in [-0.1, -0.05) is 32.8 Å². The summed E-state index contributed by atoms with van der Waals surface area (Å²) in [6, 6.07) is 0. The van der Waals surface area contributed by atoms with E-state index in [-0.39, 0.29) is 18.7 Å². The van der Waals surface area contributed by atoms with E-state index in [1.165, 1.54) is 0 Å². The summed E-state index contributed by atoms with van der Waals surface area (Å²) in [6.45, 7) is 7.63.